The molecule has 19 heavy (non-hydrogen) atoms. The Kier molecular flexibility index (Phi) is 4.14. The summed E-state index contributed by atoms with van der Waals surface area (Å²) >= 11 is 0. The molecule has 0 spiro atoms. The molecule has 0 fully saturated rings. The fourth-order valence-electron chi connectivity index (χ4n) is 1.66. The molecule has 0 aliphatic heterocycles. The van der Waals surface area contributed by atoms with Gasteiger partial charge in [-0.1, -0.05) is 12.1 Å². The molecule has 2 aromatic rings. The van der Waals surface area contributed by atoms with E-state index in [2.05, 4.69) is 4.98 Å². The van der Waals surface area contributed by atoms with Crippen molar-refractivity contribution in [2.24, 2.45) is 0 Å². The molecule has 4 nitrogen and oxygen atoms in total. The first-order valence-electron chi connectivity index (χ1n) is 5.77. The first-order valence-corrected chi connectivity index (χ1v) is 5.77. The fraction of sp³-hybridized carbons (Fsp3) is 0.154. The number of pyridine rings is 1. The van der Waals surface area contributed by atoms with Crippen LogP contribution in [0.25, 0.3) is 0 Å². The topological polar surface area (TPSA) is 62.6 Å². The van der Waals surface area contributed by atoms with Crippen LogP contribution in [0.5, 0.6) is 5.75 Å². The van der Waals surface area contributed by atoms with Gasteiger partial charge in [0, 0.05) is 17.7 Å². The molecule has 0 bridgehead atoms. The lowest BCUT2D eigenvalue weighted by molar-refractivity contribution is 0.299. The Labute approximate surface area is 110 Å². The largest absolute Gasteiger partial charge is 0.492 e. The summed E-state index contributed by atoms with van der Waals surface area (Å²) in [7, 11) is -1.71. The van der Waals surface area contributed by atoms with E-state index in [0.717, 1.165) is 17.7 Å². The molecule has 2 N–H and O–H groups in total. The van der Waals surface area contributed by atoms with Crippen LogP contribution in [0.2, 0.25) is 0 Å². The van der Waals surface area contributed by atoms with Gasteiger partial charge in [-0.05, 0) is 24.6 Å². The van der Waals surface area contributed by atoms with Gasteiger partial charge in [0.1, 0.15) is 18.2 Å². The molecule has 0 atom stereocenters. The van der Waals surface area contributed by atoms with Crippen molar-refractivity contribution in [3.63, 3.8) is 0 Å². The minimum absolute atomic E-state index is 0.0973. The first kappa shape index (κ1) is 13.5. The van der Waals surface area contributed by atoms with Crippen LogP contribution in [-0.4, -0.2) is 22.2 Å². The molecule has 6 heteroatoms. The molecular formula is C13H13BFNO3. The normalized spacial score (nSPS) is 10.3. The van der Waals surface area contributed by atoms with Crippen LogP contribution in [-0.2, 0) is 6.61 Å². The molecule has 1 heterocycles. The number of nitrogens with zero attached hydrogens (tertiary/aromatic N) is 1. The number of hydrogen-bond acceptors (Lipinski definition) is 4. The maximum absolute atomic E-state index is 13.2. The van der Waals surface area contributed by atoms with Crippen molar-refractivity contribution in [3.05, 3.63) is 53.6 Å². The highest BCUT2D eigenvalue weighted by atomic mass is 19.1. The van der Waals surface area contributed by atoms with E-state index in [1.807, 2.05) is 19.1 Å². The van der Waals surface area contributed by atoms with Crippen LogP contribution in [0, 0.1) is 12.7 Å². The van der Waals surface area contributed by atoms with Gasteiger partial charge in [0.2, 0.25) is 0 Å². The Hall–Kier alpha value is -1.92. The summed E-state index contributed by atoms with van der Waals surface area (Å²) in [6.07, 6.45) is 1.64. The highest BCUT2D eigenvalue weighted by Gasteiger charge is 2.18. The molecule has 0 radical (unpaired) electrons. The maximum Gasteiger partial charge on any atom is 0.492 e. The summed E-state index contributed by atoms with van der Waals surface area (Å²) in [5.41, 5.74) is 1.78. The van der Waals surface area contributed by atoms with Crippen LogP contribution < -0.4 is 10.2 Å². The second-order valence-corrected chi connectivity index (χ2v) is 4.11. The standard InChI is InChI=1S/C13H13BFNO3/c1-9-3-2-6-16-12(9)8-19-13-7-10(15)4-5-11(13)14(17)18/h2-7,17-18H,8H2,1H3. The Morgan fingerprint density at radius 2 is 2.11 bits per heavy atom. The number of ether oxygens (including phenoxy) is 1. The Bertz CT molecular complexity index is 578. The van der Waals surface area contributed by atoms with E-state index in [1.54, 1.807) is 6.20 Å². The van der Waals surface area contributed by atoms with Gasteiger partial charge in [-0.25, -0.2) is 4.39 Å². The number of rotatable bonds is 4. The second-order valence-electron chi connectivity index (χ2n) is 4.11. The zero-order chi connectivity index (χ0) is 13.8. The van der Waals surface area contributed by atoms with Crippen molar-refractivity contribution in [1.29, 1.82) is 0 Å². The number of aromatic nitrogens is 1. The molecule has 0 saturated heterocycles. The first-order chi connectivity index (χ1) is 9.08. The molecule has 0 amide bonds. The van der Waals surface area contributed by atoms with Gasteiger partial charge >= 0.3 is 7.12 Å². The molecular weight excluding hydrogens is 248 g/mol. The lowest BCUT2D eigenvalue weighted by atomic mass is 9.79. The quantitative estimate of drug-likeness (QED) is 0.798. The number of aryl methyl sites for hydroxylation is 1. The molecule has 98 valence electrons. The van der Waals surface area contributed by atoms with Crippen molar-refractivity contribution in [3.8, 4) is 5.75 Å². The van der Waals surface area contributed by atoms with Gasteiger partial charge in [0.15, 0.2) is 0 Å². The smallest absolute Gasteiger partial charge is 0.488 e. The third-order valence-corrected chi connectivity index (χ3v) is 2.74. The van der Waals surface area contributed by atoms with Crippen molar-refractivity contribution >= 4 is 12.6 Å². The highest BCUT2D eigenvalue weighted by Crippen LogP contribution is 2.13. The predicted molar refractivity (Wildman–Crippen MR) is 69.5 cm³/mol. The summed E-state index contributed by atoms with van der Waals surface area (Å²) < 4.78 is 18.6. The van der Waals surface area contributed by atoms with Crippen molar-refractivity contribution < 1.29 is 19.2 Å². The third kappa shape index (κ3) is 3.30. The van der Waals surface area contributed by atoms with Crippen molar-refractivity contribution in [2.75, 3.05) is 0 Å². The van der Waals surface area contributed by atoms with E-state index in [1.165, 1.54) is 6.07 Å². The monoisotopic (exact) mass is 261 g/mol. The minimum atomic E-state index is -1.71. The van der Waals surface area contributed by atoms with Crippen molar-refractivity contribution in [1.82, 2.24) is 4.98 Å². The van der Waals surface area contributed by atoms with E-state index in [0.29, 0.717) is 5.69 Å². The summed E-state index contributed by atoms with van der Waals surface area (Å²) in [6, 6.07) is 7.24. The Morgan fingerprint density at radius 1 is 1.32 bits per heavy atom. The third-order valence-electron chi connectivity index (χ3n) is 2.74. The van der Waals surface area contributed by atoms with Crippen LogP contribution in [0.3, 0.4) is 0 Å². The van der Waals surface area contributed by atoms with Crippen LogP contribution >= 0.6 is 0 Å². The number of hydrogen-bond donors (Lipinski definition) is 2. The van der Waals surface area contributed by atoms with Crippen molar-refractivity contribution in [2.45, 2.75) is 13.5 Å². The van der Waals surface area contributed by atoms with Crippen LogP contribution in [0.1, 0.15) is 11.3 Å². The minimum Gasteiger partial charge on any atom is -0.488 e. The molecule has 1 aromatic heterocycles. The predicted octanol–water partition coefficient (Wildman–Crippen LogP) is 0.788. The van der Waals surface area contributed by atoms with E-state index in [-0.39, 0.29) is 17.8 Å². The van der Waals surface area contributed by atoms with E-state index < -0.39 is 12.9 Å². The SMILES string of the molecule is Cc1cccnc1COc1cc(F)ccc1B(O)O. The lowest BCUT2D eigenvalue weighted by Crippen LogP contribution is -2.31. The van der Waals surface area contributed by atoms with Crippen LogP contribution in [0.15, 0.2) is 36.5 Å². The second kappa shape index (κ2) is 5.82. The molecule has 1 aromatic carbocycles. The molecule has 0 unspecified atom stereocenters. The van der Waals surface area contributed by atoms with Crippen LogP contribution in [0.4, 0.5) is 4.39 Å². The average Bonchev–Trinajstić information content (AvgIpc) is 2.37. The van der Waals surface area contributed by atoms with E-state index in [4.69, 9.17) is 4.74 Å². The van der Waals surface area contributed by atoms with Gasteiger partial charge < -0.3 is 14.8 Å². The van der Waals surface area contributed by atoms with Gasteiger partial charge in [-0.3, -0.25) is 4.98 Å². The summed E-state index contributed by atoms with van der Waals surface area (Å²) in [5.74, 6) is -0.405. The lowest BCUT2D eigenvalue weighted by Gasteiger charge is -2.11. The fourth-order valence-corrected chi connectivity index (χ4v) is 1.66. The molecule has 0 aliphatic rings. The zero-order valence-corrected chi connectivity index (χ0v) is 10.4. The van der Waals surface area contributed by atoms with Gasteiger partial charge in [-0.15, -0.1) is 0 Å². The molecule has 2 rings (SSSR count). The van der Waals surface area contributed by atoms with E-state index >= 15 is 0 Å². The molecule has 0 saturated carbocycles. The maximum atomic E-state index is 13.2. The highest BCUT2D eigenvalue weighted by molar-refractivity contribution is 6.59. The van der Waals surface area contributed by atoms with Gasteiger partial charge in [-0.2, -0.15) is 0 Å². The molecule has 0 aliphatic carbocycles. The summed E-state index contributed by atoms with van der Waals surface area (Å²) in [4.78, 5) is 4.15. The summed E-state index contributed by atoms with van der Waals surface area (Å²) in [5, 5.41) is 18.4. The zero-order valence-electron chi connectivity index (χ0n) is 10.4. The number of halogens is 1. The Balaban J connectivity index is 2.19. The van der Waals surface area contributed by atoms with Gasteiger partial charge in [0.25, 0.3) is 0 Å². The average molecular weight is 261 g/mol. The van der Waals surface area contributed by atoms with Gasteiger partial charge in [0.05, 0.1) is 5.69 Å². The Morgan fingerprint density at radius 3 is 2.79 bits per heavy atom. The van der Waals surface area contributed by atoms with E-state index in [9.17, 15) is 14.4 Å². The summed E-state index contributed by atoms with van der Waals surface area (Å²) in [6.45, 7) is 2.02. The number of benzene rings is 1.